The molecule has 10 atom stereocenters. The fraction of sp³-hybridized carbons (Fsp3) is 0.900. The molecule has 4 aliphatic carbocycles. The van der Waals surface area contributed by atoms with Crippen LogP contribution in [0.5, 0.6) is 0 Å². The van der Waals surface area contributed by atoms with Gasteiger partial charge in [-0.25, -0.2) is 0 Å². The lowest BCUT2D eigenvalue weighted by atomic mass is 9.42. The SMILES string of the molecule is C=C[C@@H]1CC2C(CC[C@@]3(C)C2CC[C@@H]3C(C)CCCN)[C@@]2(C)CCC(CCCN)CC12.C=O.[HH].[HH].[HH].[HH].[HH]. The second kappa shape index (κ2) is 11.4. The van der Waals surface area contributed by atoms with Crippen LogP contribution in [0.15, 0.2) is 12.7 Å². The Balaban J connectivity index is -0.00000171. The topological polar surface area (TPSA) is 69.1 Å². The number of nitrogens with two attached hydrogens (primary N) is 2. The monoisotopic (exact) mass is 469 g/mol. The number of carbonyl (C=O) groups excluding carboxylic acids is 1. The molecule has 3 heteroatoms. The molecule has 0 aliphatic heterocycles. The lowest BCUT2D eigenvalue weighted by molar-refractivity contribution is -0.136. The van der Waals surface area contributed by atoms with E-state index in [1.807, 2.05) is 6.79 Å². The van der Waals surface area contributed by atoms with E-state index in [-0.39, 0.29) is 7.13 Å². The van der Waals surface area contributed by atoms with Gasteiger partial charge in [-0.3, -0.25) is 0 Å². The Morgan fingerprint density at radius 1 is 0.939 bits per heavy atom. The zero-order valence-electron chi connectivity index (χ0n) is 22.1. The van der Waals surface area contributed by atoms with Crippen LogP contribution >= 0.6 is 0 Å². The third-order valence-corrected chi connectivity index (χ3v) is 11.6. The molecule has 0 aromatic heterocycles. The summed E-state index contributed by atoms with van der Waals surface area (Å²) in [5.74, 6) is 7.13. The van der Waals surface area contributed by atoms with E-state index in [1.165, 1.54) is 77.0 Å². The average Bonchev–Trinajstić information content (AvgIpc) is 3.19. The Hall–Kier alpha value is -0.670. The molecule has 4 rings (SSSR count). The predicted octanol–water partition coefficient (Wildman–Crippen LogP) is 7.83. The fourth-order valence-corrected chi connectivity index (χ4v) is 10.0. The van der Waals surface area contributed by atoms with Crippen LogP contribution < -0.4 is 11.5 Å². The molecule has 200 valence electrons. The van der Waals surface area contributed by atoms with Gasteiger partial charge in [0.2, 0.25) is 0 Å². The molecule has 0 spiro atoms. The molecule has 3 nitrogen and oxygen atoms in total. The lowest BCUT2D eigenvalue weighted by Gasteiger charge is -2.63. The van der Waals surface area contributed by atoms with Crippen molar-refractivity contribution in [1.29, 1.82) is 0 Å². The molecule has 0 heterocycles. The van der Waals surface area contributed by atoms with Crippen molar-refractivity contribution < 1.29 is 11.9 Å². The highest BCUT2D eigenvalue weighted by Crippen LogP contribution is 2.69. The summed E-state index contributed by atoms with van der Waals surface area (Å²) in [7, 11) is 0. The van der Waals surface area contributed by atoms with Gasteiger partial charge in [-0.1, -0.05) is 26.8 Å². The van der Waals surface area contributed by atoms with Gasteiger partial charge in [0.05, 0.1) is 0 Å². The molecule has 6 unspecified atom stereocenters. The minimum atomic E-state index is 0. The number of rotatable bonds is 8. The summed E-state index contributed by atoms with van der Waals surface area (Å²) >= 11 is 0. The van der Waals surface area contributed by atoms with Gasteiger partial charge in [0.1, 0.15) is 6.79 Å². The number of allylic oxidation sites excluding steroid dienone is 1. The highest BCUT2D eigenvalue weighted by atomic mass is 16.1. The van der Waals surface area contributed by atoms with Crippen molar-refractivity contribution in [3.63, 3.8) is 0 Å². The van der Waals surface area contributed by atoms with Crippen molar-refractivity contribution in [3.05, 3.63) is 12.7 Å². The van der Waals surface area contributed by atoms with Crippen molar-refractivity contribution in [1.82, 2.24) is 0 Å². The fourth-order valence-electron chi connectivity index (χ4n) is 10.0. The number of hydrogen-bond acceptors (Lipinski definition) is 3. The summed E-state index contributed by atoms with van der Waals surface area (Å²) in [6.45, 7) is 16.0. The van der Waals surface area contributed by atoms with Crippen molar-refractivity contribution in [2.75, 3.05) is 13.1 Å². The van der Waals surface area contributed by atoms with Crippen LogP contribution in [0.1, 0.15) is 105 Å². The first-order chi connectivity index (χ1) is 15.9. The van der Waals surface area contributed by atoms with Crippen LogP contribution in [0.3, 0.4) is 0 Å². The van der Waals surface area contributed by atoms with Gasteiger partial charge < -0.3 is 16.3 Å². The molecule has 4 saturated carbocycles. The maximum Gasteiger partial charge on any atom is 0.106 e. The molecule has 0 amide bonds. The molecule has 4 N–H and O–H groups in total. The van der Waals surface area contributed by atoms with Crippen LogP contribution in [-0.4, -0.2) is 19.9 Å². The van der Waals surface area contributed by atoms with E-state index in [0.717, 1.165) is 60.4 Å². The second-order valence-corrected chi connectivity index (χ2v) is 12.8. The Morgan fingerprint density at radius 3 is 2.27 bits per heavy atom. The number of carbonyl (C=O) groups is 1. The van der Waals surface area contributed by atoms with Crippen molar-refractivity contribution in [2.45, 2.75) is 97.8 Å². The molecular weight excluding hydrogens is 404 g/mol. The first-order valence-corrected chi connectivity index (χ1v) is 14.2. The number of hydrogen-bond donors (Lipinski definition) is 2. The van der Waals surface area contributed by atoms with Crippen LogP contribution in [0.25, 0.3) is 0 Å². The minimum absolute atomic E-state index is 0. The molecule has 4 fully saturated rings. The van der Waals surface area contributed by atoms with Crippen LogP contribution in [0.4, 0.5) is 0 Å². The summed E-state index contributed by atoms with van der Waals surface area (Å²) in [5, 5.41) is 0. The molecule has 0 bridgehead atoms. The third kappa shape index (κ3) is 4.88. The smallest absolute Gasteiger partial charge is 0.106 e. The van der Waals surface area contributed by atoms with Gasteiger partial charge in [-0.2, -0.15) is 0 Å². The van der Waals surface area contributed by atoms with E-state index in [9.17, 15) is 0 Å². The van der Waals surface area contributed by atoms with Crippen LogP contribution in [-0.2, 0) is 4.79 Å². The quantitative estimate of drug-likeness (QED) is 0.356. The molecule has 0 radical (unpaired) electrons. The number of fused-ring (bicyclic) bond motifs is 5. The van der Waals surface area contributed by atoms with Gasteiger partial charge in [-0.15, -0.1) is 6.58 Å². The van der Waals surface area contributed by atoms with Gasteiger partial charge in [0.25, 0.3) is 0 Å². The molecule has 0 aromatic rings. The van der Waals surface area contributed by atoms with Gasteiger partial charge in [-0.05, 0) is 148 Å². The van der Waals surface area contributed by atoms with E-state index < -0.39 is 0 Å². The third-order valence-electron chi connectivity index (χ3n) is 11.6. The lowest BCUT2D eigenvalue weighted by Crippen LogP contribution is -2.56. The normalized spacial score (nSPS) is 45.1. The van der Waals surface area contributed by atoms with Crippen molar-refractivity contribution >= 4 is 6.79 Å². The Bertz CT molecular complexity index is 658. The maximum atomic E-state index is 8.00. The molecule has 0 aromatic carbocycles. The largest absolute Gasteiger partial charge is 0.330 e. The molecular formula is C30H64N2O. The highest BCUT2D eigenvalue weighted by Gasteiger charge is 2.61. The minimum Gasteiger partial charge on any atom is -0.330 e. The summed E-state index contributed by atoms with van der Waals surface area (Å²) in [5.41, 5.74) is 12.8. The van der Waals surface area contributed by atoms with Crippen LogP contribution in [0, 0.1) is 58.2 Å². The van der Waals surface area contributed by atoms with Gasteiger partial charge in [0, 0.05) is 7.13 Å². The van der Waals surface area contributed by atoms with Crippen molar-refractivity contribution in [2.24, 2.45) is 69.6 Å². The maximum absolute atomic E-state index is 8.00. The van der Waals surface area contributed by atoms with E-state index in [0.29, 0.717) is 10.8 Å². The van der Waals surface area contributed by atoms with E-state index >= 15 is 0 Å². The van der Waals surface area contributed by atoms with Gasteiger partial charge in [0.15, 0.2) is 0 Å². The summed E-state index contributed by atoms with van der Waals surface area (Å²) < 4.78 is 0. The first kappa shape index (κ1) is 26.9. The van der Waals surface area contributed by atoms with E-state index in [4.69, 9.17) is 16.3 Å². The average molecular weight is 469 g/mol. The summed E-state index contributed by atoms with van der Waals surface area (Å²) in [6, 6.07) is 0. The Kier molecular flexibility index (Phi) is 9.28. The van der Waals surface area contributed by atoms with E-state index in [1.54, 1.807) is 0 Å². The predicted molar refractivity (Wildman–Crippen MR) is 151 cm³/mol. The summed E-state index contributed by atoms with van der Waals surface area (Å²) in [4.78, 5) is 8.00. The van der Waals surface area contributed by atoms with Crippen LogP contribution in [0.2, 0.25) is 0 Å². The van der Waals surface area contributed by atoms with E-state index in [2.05, 4.69) is 33.4 Å². The first-order valence-electron chi connectivity index (χ1n) is 14.2. The molecule has 0 saturated heterocycles. The standard InChI is InChI=1S/C29H52N2.CH2O.5H2/c1-5-22-19-23-25-11-10-24(20(2)8-6-16-30)28(25,3)15-13-26(23)29(4)14-12-21(9-7-17-31)18-27(22)29;1-2;;;;;/h5,20-27H,1,6-19,30-31H2,2-4H3;1H2;5*1H/t20?,21?,22-,23?,24-,25?,26?,27?,28-,29-;;;;;;/m1....../s1. The van der Waals surface area contributed by atoms with Crippen molar-refractivity contribution in [3.8, 4) is 0 Å². The zero-order chi connectivity index (χ0) is 24.2. The molecule has 4 aliphatic rings. The molecule has 33 heavy (non-hydrogen) atoms. The highest BCUT2D eigenvalue weighted by molar-refractivity contribution is 5.13. The summed E-state index contributed by atoms with van der Waals surface area (Å²) in [6.07, 6.45) is 19.2. The Morgan fingerprint density at radius 2 is 1.61 bits per heavy atom. The zero-order valence-corrected chi connectivity index (χ0v) is 22.1. The van der Waals surface area contributed by atoms with Gasteiger partial charge >= 0.3 is 0 Å². The Labute approximate surface area is 212 Å². The second-order valence-electron chi connectivity index (χ2n) is 12.8.